The molecule has 0 bridgehead atoms. The van der Waals surface area contributed by atoms with E-state index in [-0.39, 0.29) is 0 Å². The highest BCUT2D eigenvalue weighted by Crippen LogP contribution is 2.15. The van der Waals surface area contributed by atoms with Crippen molar-refractivity contribution in [3.8, 4) is 0 Å². The zero-order chi connectivity index (χ0) is 8.81. The number of hydrogen-bond donors (Lipinski definition) is 0. The van der Waals surface area contributed by atoms with Crippen LogP contribution in [-0.4, -0.2) is 10.9 Å². The lowest BCUT2D eigenvalue weighted by Gasteiger charge is -2.09. The Morgan fingerprint density at radius 1 is 1.67 bits per heavy atom. The summed E-state index contributed by atoms with van der Waals surface area (Å²) in [7, 11) is 0. The van der Waals surface area contributed by atoms with Crippen molar-refractivity contribution in [2.75, 3.05) is 5.88 Å². The van der Waals surface area contributed by atoms with E-state index in [1.165, 1.54) is 18.5 Å². The minimum absolute atomic E-state index is 0.610. The first-order valence-electron chi connectivity index (χ1n) is 4.29. The molecule has 1 heterocycles. The third-order valence-corrected chi connectivity index (χ3v) is 2.97. The normalized spacial score (nSPS) is 13.2. The molecule has 0 spiro atoms. The van der Waals surface area contributed by atoms with Gasteiger partial charge in [0.1, 0.15) is 0 Å². The van der Waals surface area contributed by atoms with Crippen LogP contribution in [0.25, 0.3) is 0 Å². The van der Waals surface area contributed by atoms with Crippen molar-refractivity contribution in [2.24, 2.45) is 5.92 Å². The average Bonchev–Trinajstić information content (AvgIpc) is 2.56. The van der Waals surface area contributed by atoms with E-state index in [4.69, 9.17) is 11.6 Å². The van der Waals surface area contributed by atoms with Crippen LogP contribution in [0.2, 0.25) is 0 Å². The van der Waals surface area contributed by atoms with Crippen molar-refractivity contribution in [3.63, 3.8) is 0 Å². The quantitative estimate of drug-likeness (QED) is 0.669. The van der Waals surface area contributed by atoms with Gasteiger partial charge in [0.05, 0.1) is 11.2 Å². The van der Waals surface area contributed by atoms with E-state index in [0.717, 1.165) is 12.3 Å². The van der Waals surface area contributed by atoms with Gasteiger partial charge in [0, 0.05) is 11.3 Å². The third kappa shape index (κ3) is 3.11. The van der Waals surface area contributed by atoms with Crippen LogP contribution in [0.15, 0.2) is 10.9 Å². The number of nitrogens with zero attached hydrogens (tertiary/aromatic N) is 1. The SMILES string of the molecule is CCCC(CCl)Cc1cscn1. The average molecular weight is 204 g/mol. The Hall–Kier alpha value is -0.0800. The molecule has 1 unspecified atom stereocenters. The number of alkyl halides is 1. The van der Waals surface area contributed by atoms with E-state index in [9.17, 15) is 0 Å². The Labute approximate surface area is 82.8 Å². The molecule has 12 heavy (non-hydrogen) atoms. The molecule has 1 aromatic rings. The Morgan fingerprint density at radius 3 is 3.00 bits per heavy atom. The second kappa shape index (κ2) is 5.55. The van der Waals surface area contributed by atoms with E-state index in [1.807, 2.05) is 5.51 Å². The zero-order valence-corrected chi connectivity index (χ0v) is 8.87. The molecule has 1 nitrogen and oxygen atoms in total. The first-order chi connectivity index (χ1) is 5.86. The third-order valence-electron chi connectivity index (χ3n) is 1.90. The summed E-state index contributed by atoms with van der Waals surface area (Å²) in [5.41, 5.74) is 3.08. The summed E-state index contributed by atoms with van der Waals surface area (Å²) in [6.45, 7) is 2.20. The van der Waals surface area contributed by atoms with Crippen LogP contribution in [0.1, 0.15) is 25.5 Å². The van der Waals surface area contributed by atoms with Gasteiger partial charge in [0.15, 0.2) is 0 Å². The van der Waals surface area contributed by atoms with Crippen molar-refractivity contribution >= 4 is 22.9 Å². The van der Waals surface area contributed by atoms with Gasteiger partial charge >= 0.3 is 0 Å². The molecular formula is C9H14ClNS. The number of rotatable bonds is 5. The minimum atomic E-state index is 0.610. The second-order valence-corrected chi connectivity index (χ2v) is 4.02. The number of halogens is 1. The van der Waals surface area contributed by atoms with Gasteiger partial charge in [0.2, 0.25) is 0 Å². The van der Waals surface area contributed by atoms with E-state index in [1.54, 1.807) is 11.3 Å². The zero-order valence-electron chi connectivity index (χ0n) is 7.29. The van der Waals surface area contributed by atoms with Crippen LogP contribution in [0.4, 0.5) is 0 Å². The molecule has 0 radical (unpaired) electrons. The van der Waals surface area contributed by atoms with Crippen molar-refractivity contribution in [3.05, 3.63) is 16.6 Å². The summed E-state index contributed by atoms with van der Waals surface area (Å²) in [6.07, 6.45) is 3.46. The van der Waals surface area contributed by atoms with Crippen LogP contribution >= 0.6 is 22.9 Å². The molecule has 0 fully saturated rings. The lowest BCUT2D eigenvalue weighted by Crippen LogP contribution is -2.06. The van der Waals surface area contributed by atoms with Gasteiger partial charge in [0.25, 0.3) is 0 Å². The number of thiazole rings is 1. The van der Waals surface area contributed by atoms with Crippen LogP contribution in [0.3, 0.4) is 0 Å². The predicted molar refractivity (Wildman–Crippen MR) is 54.9 cm³/mol. The molecule has 0 aliphatic rings. The van der Waals surface area contributed by atoms with Gasteiger partial charge in [-0.2, -0.15) is 0 Å². The fraction of sp³-hybridized carbons (Fsp3) is 0.667. The van der Waals surface area contributed by atoms with E-state index in [0.29, 0.717) is 5.92 Å². The minimum Gasteiger partial charge on any atom is -0.250 e. The topological polar surface area (TPSA) is 12.9 Å². The highest BCUT2D eigenvalue weighted by atomic mass is 35.5. The van der Waals surface area contributed by atoms with Gasteiger partial charge in [-0.1, -0.05) is 13.3 Å². The molecule has 0 aromatic carbocycles. The summed E-state index contributed by atoms with van der Waals surface area (Å²) in [5, 5.41) is 2.11. The highest BCUT2D eigenvalue weighted by molar-refractivity contribution is 7.07. The lowest BCUT2D eigenvalue weighted by atomic mass is 10.0. The molecule has 3 heteroatoms. The summed E-state index contributed by atoms with van der Waals surface area (Å²) >= 11 is 7.49. The van der Waals surface area contributed by atoms with Crippen molar-refractivity contribution in [2.45, 2.75) is 26.2 Å². The van der Waals surface area contributed by atoms with E-state index >= 15 is 0 Å². The predicted octanol–water partition coefficient (Wildman–Crippen LogP) is 3.34. The van der Waals surface area contributed by atoms with Gasteiger partial charge in [-0.25, -0.2) is 4.98 Å². The van der Waals surface area contributed by atoms with Crippen LogP contribution in [0.5, 0.6) is 0 Å². The first-order valence-corrected chi connectivity index (χ1v) is 5.77. The van der Waals surface area contributed by atoms with E-state index in [2.05, 4.69) is 17.3 Å². The Morgan fingerprint density at radius 2 is 2.50 bits per heavy atom. The van der Waals surface area contributed by atoms with Gasteiger partial charge in [-0.05, 0) is 18.8 Å². The maximum Gasteiger partial charge on any atom is 0.0794 e. The summed E-state index contributed by atoms with van der Waals surface area (Å²) < 4.78 is 0. The van der Waals surface area contributed by atoms with Crippen molar-refractivity contribution in [1.29, 1.82) is 0 Å². The smallest absolute Gasteiger partial charge is 0.0794 e. The molecule has 1 rings (SSSR count). The highest BCUT2D eigenvalue weighted by Gasteiger charge is 2.07. The molecule has 68 valence electrons. The summed E-state index contributed by atoms with van der Waals surface area (Å²) in [6, 6.07) is 0. The van der Waals surface area contributed by atoms with Crippen molar-refractivity contribution < 1.29 is 0 Å². The van der Waals surface area contributed by atoms with E-state index < -0.39 is 0 Å². The fourth-order valence-electron chi connectivity index (χ4n) is 1.28. The number of hydrogen-bond acceptors (Lipinski definition) is 2. The van der Waals surface area contributed by atoms with Crippen LogP contribution < -0.4 is 0 Å². The molecule has 1 atom stereocenters. The summed E-state index contributed by atoms with van der Waals surface area (Å²) in [4.78, 5) is 4.25. The molecule has 0 amide bonds. The molecule has 1 aromatic heterocycles. The maximum atomic E-state index is 5.84. The Balaban J connectivity index is 2.37. The maximum absolute atomic E-state index is 5.84. The van der Waals surface area contributed by atoms with Gasteiger partial charge < -0.3 is 0 Å². The van der Waals surface area contributed by atoms with Crippen LogP contribution in [0, 0.1) is 5.92 Å². The fourth-order valence-corrected chi connectivity index (χ4v) is 2.11. The molecule has 0 saturated heterocycles. The largest absolute Gasteiger partial charge is 0.250 e. The Kier molecular flexibility index (Phi) is 4.62. The van der Waals surface area contributed by atoms with Crippen molar-refractivity contribution in [1.82, 2.24) is 4.98 Å². The monoisotopic (exact) mass is 203 g/mol. The lowest BCUT2D eigenvalue weighted by molar-refractivity contribution is 0.523. The second-order valence-electron chi connectivity index (χ2n) is 2.99. The van der Waals surface area contributed by atoms with Gasteiger partial charge in [-0.15, -0.1) is 22.9 Å². The first kappa shape index (κ1) is 10.0. The number of aromatic nitrogens is 1. The molecule has 0 N–H and O–H groups in total. The standard InChI is InChI=1S/C9H14ClNS/c1-2-3-8(5-10)4-9-6-12-7-11-9/h6-8H,2-5H2,1H3. The Bertz CT molecular complexity index is 198. The molecule has 0 aliphatic carbocycles. The van der Waals surface area contributed by atoms with Gasteiger partial charge in [-0.3, -0.25) is 0 Å². The molecule has 0 saturated carbocycles. The molecule has 0 aliphatic heterocycles. The molecular weight excluding hydrogens is 190 g/mol. The van der Waals surface area contributed by atoms with Crippen LogP contribution in [-0.2, 0) is 6.42 Å². The summed E-state index contributed by atoms with van der Waals surface area (Å²) in [5.74, 6) is 1.37.